The van der Waals surface area contributed by atoms with Crippen molar-refractivity contribution in [2.75, 3.05) is 62.3 Å². The standard InChI is InChI=1S/C20H27N5O3S/c1-16-3-4-17(2)18(15-16)29(26,27)25-9-7-23(8-10-25)19-5-6-21-20(22-19)24-11-13-28-14-12-24/h3-6,15H,7-14H2,1-2H3. The molecule has 9 heteroatoms. The van der Waals surface area contributed by atoms with E-state index >= 15 is 0 Å². The fraction of sp³-hybridized carbons (Fsp3) is 0.500. The van der Waals surface area contributed by atoms with E-state index in [1.807, 2.05) is 32.0 Å². The molecular formula is C20H27N5O3S. The van der Waals surface area contributed by atoms with Crippen LogP contribution in [-0.4, -0.2) is 75.2 Å². The van der Waals surface area contributed by atoms with Gasteiger partial charge >= 0.3 is 0 Å². The van der Waals surface area contributed by atoms with Crippen molar-refractivity contribution in [2.24, 2.45) is 0 Å². The van der Waals surface area contributed by atoms with Gasteiger partial charge in [-0.2, -0.15) is 9.29 Å². The molecule has 0 bridgehead atoms. The van der Waals surface area contributed by atoms with Gasteiger partial charge in [0.05, 0.1) is 18.1 Å². The summed E-state index contributed by atoms with van der Waals surface area (Å²) < 4.78 is 33.2. The molecule has 0 amide bonds. The van der Waals surface area contributed by atoms with Crippen LogP contribution in [0.25, 0.3) is 0 Å². The lowest BCUT2D eigenvalue weighted by Crippen LogP contribution is -2.49. The maximum atomic E-state index is 13.1. The summed E-state index contributed by atoms with van der Waals surface area (Å²) in [5.74, 6) is 1.54. The van der Waals surface area contributed by atoms with Crippen molar-refractivity contribution in [1.29, 1.82) is 0 Å². The zero-order valence-electron chi connectivity index (χ0n) is 16.9. The number of aromatic nitrogens is 2. The average Bonchev–Trinajstić information content (AvgIpc) is 2.76. The summed E-state index contributed by atoms with van der Waals surface area (Å²) in [6.45, 7) is 8.77. The smallest absolute Gasteiger partial charge is 0.243 e. The van der Waals surface area contributed by atoms with E-state index in [0.717, 1.165) is 30.0 Å². The van der Waals surface area contributed by atoms with E-state index < -0.39 is 10.0 Å². The summed E-state index contributed by atoms with van der Waals surface area (Å²) in [5, 5.41) is 0. The highest BCUT2D eigenvalue weighted by Crippen LogP contribution is 2.24. The topological polar surface area (TPSA) is 78.9 Å². The largest absolute Gasteiger partial charge is 0.378 e. The second-order valence-corrected chi connectivity index (χ2v) is 9.38. The van der Waals surface area contributed by atoms with E-state index in [9.17, 15) is 8.42 Å². The number of morpholine rings is 1. The maximum Gasteiger partial charge on any atom is 0.243 e. The molecule has 2 aliphatic heterocycles. The van der Waals surface area contributed by atoms with E-state index in [-0.39, 0.29) is 0 Å². The van der Waals surface area contributed by atoms with Crippen molar-refractivity contribution in [3.8, 4) is 0 Å². The summed E-state index contributed by atoms with van der Waals surface area (Å²) in [4.78, 5) is 13.8. The molecule has 4 rings (SSSR count). The van der Waals surface area contributed by atoms with Crippen LogP contribution in [0.2, 0.25) is 0 Å². The molecule has 156 valence electrons. The Morgan fingerprint density at radius 2 is 1.66 bits per heavy atom. The van der Waals surface area contributed by atoms with Crippen molar-refractivity contribution in [3.63, 3.8) is 0 Å². The molecule has 0 N–H and O–H groups in total. The van der Waals surface area contributed by atoms with E-state index in [2.05, 4.69) is 14.8 Å². The first-order chi connectivity index (χ1) is 13.9. The number of anilines is 2. The van der Waals surface area contributed by atoms with Gasteiger partial charge in [0.2, 0.25) is 16.0 Å². The highest BCUT2D eigenvalue weighted by atomic mass is 32.2. The number of sulfonamides is 1. The van der Waals surface area contributed by atoms with Crippen molar-refractivity contribution in [1.82, 2.24) is 14.3 Å². The Labute approximate surface area is 172 Å². The number of aryl methyl sites for hydroxylation is 2. The van der Waals surface area contributed by atoms with Crippen LogP contribution < -0.4 is 9.80 Å². The molecule has 8 nitrogen and oxygen atoms in total. The Hall–Kier alpha value is -2.23. The molecular weight excluding hydrogens is 390 g/mol. The second kappa shape index (κ2) is 8.25. The number of hydrogen-bond acceptors (Lipinski definition) is 7. The minimum atomic E-state index is -3.49. The van der Waals surface area contributed by atoms with E-state index in [4.69, 9.17) is 9.72 Å². The van der Waals surface area contributed by atoms with E-state index in [1.165, 1.54) is 0 Å². The maximum absolute atomic E-state index is 13.1. The third-order valence-corrected chi connectivity index (χ3v) is 7.49. The molecule has 2 saturated heterocycles. The molecule has 0 aliphatic carbocycles. The minimum Gasteiger partial charge on any atom is -0.378 e. The van der Waals surface area contributed by atoms with Gasteiger partial charge in [0.15, 0.2) is 0 Å². The van der Waals surface area contributed by atoms with Crippen LogP contribution in [-0.2, 0) is 14.8 Å². The molecule has 1 aromatic heterocycles. The lowest BCUT2D eigenvalue weighted by atomic mass is 10.2. The van der Waals surface area contributed by atoms with E-state index in [1.54, 1.807) is 16.6 Å². The third-order valence-electron chi connectivity index (χ3n) is 5.45. The number of benzene rings is 1. The van der Waals surface area contributed by atoms with Crippen molar-refractivity contribution in [2.45, 2.75) is 18.7 Å². The number of piperazine rings is 1. The van der Waals surface area contributed by atoms with E-state index in [0.29, 0.717) is 50.2 Å². The van der Waals surface area contributed by atoms with Crippen LogP contribution in [0.3, 0.4) is 0 Å². The molecule has 2 fully saturated rings. The summed E-state index contributed by atoms with van der Waals surface area (Å²) in [6, 6.07) is 7.45. The van der Waals surface area contributed by atoms with Crippen LogP contribution in [0.1, 0.15) is 11.1 Å². The minimum absolute atomic E-state index is 0.405. The Bertz CT molecular complexity index is 968. The normalized spacial score (nSPS) is 18.8. The first kappa shape index (κ1) is 20.1. The van der Waals surface area contributed by atoms with Gasteiger partial charge in [-0.3, -0.25) is 0 Å². The van der Waals surface area contributed by atoms with Crippen LogP contribution in [0.4, 0.5) is 11.8 Å². The fourth-order valence-corrected chi connectivity index (χ4v) is 5.44. The first-order valence-electron chi connectivity index (χ1n) is 9.93. The third kappa shape index (κ3) is 4.22. The Morgan fingerprint density at radius 3 is 2.38 bits per heavy atom. The summed E-state index contributed by atoms with van der Waals surface area (Å²) >= 11 is 0. The lowest BCUT2D eigenvalue weighted by Gasteiger charge is -2.35. The molecule has 0 atom stereocenters. The molecule has 2 aromatic rings. The van der Waals surface area contributed by atoms with Gasteiger partial charge in [-0.25, -0.2) is 13.4 Å². The molecule has 0 saturated carbocycles. The molecule has 1 aromatic carbocycles. The summed E-state index contributed by atoms with van der Waals surface area (Å²) in [7, 11) is -3.49. The predicted molar refractivity (Wildman–Crippen MR) is 112 cm³/mol. The predicted octanol–water partition coefficient (Wildman–Crippen LogP) is 1.44. The zero-order chi connectivity index (χ0) is 20.4. The van der Waals surface area contributed by atoms with Gasteiger partial charge in [0.1, 0.15) is 5.82 Å². The number of nitrogens with zero attached hydrogens (tertiary/aromatic N) is 5. The van der Waals surface area contributed by atoms with Crippen LogP contribution >= 0.6 is 0 Å². The quantitative estimate of drug-likeness (QED) is 0.745. The molecule has 0 unspecified atom stereocenters. The monoisotopic (exact) mass is 417 g/mol. The zero-order valence-corrected chi connectivity index (χ0v) is 17.7. The number of ether oxygens (including phenoxy) is 1. The van der Waals surface area contributed by atoms with Crippen molar-refractivity contribution < 1.29 is 13.2 Å². The van der Waals surface area contributed by atoms with Gasteiger partial charge < -0.3 is 14.5 Å². The first-order valence-corrected chi connectivity index (χ1v) is 11.4. The van der Waals surface area contributed by atoms with Gasteiger partial charge in [0, 0.05) is 45.5 Å². The van der Waals surface area contributed by atoms with Gasteiger partial charge in [-0.05, 0) is 37.1 Å². The SMILES string of the molecule is Cc1ccc(C)c(S(=O)(=O)N2CCN(c3ccnc(N4CCOCC4)n3)CC2)c1. The molecule has 29 heavy (non-hydrogen) atoms. The highest BCUT2D eigenvalue weighted by Gasteiger charge is 2.30. The molecule has 3 heterocycles. The van der Waals surface area contributed by atoms with Crippen molar-refractivity contribution in [3.05, 3.63) is 41.6 Å². The second-order valence-electron chi connectivity index (χ2n) is 7.47. The van der Waals surface area contributed by atoms with Gasteiger partial charge in [-0.15, -0.1) is 0 Å². The average molecular weight is 418 g/mol. The van der Waals surface area contributed by atoms with Gasteiger partial charge in [0.25, 0.3) is 0 Å². The Morgan fingerprint density at radius 1 is 0.931 bits per heavy atom. The molecule has 2 aliphatic rings. The Balaban J connectivity index is 1.46. The summed E-state index contributed by atoms with van der Waals surface area (Å²) in [6.07, 6.45) is 1.77. The summed E-state index contributed by atoms with van der Waals surface area (Å²) in [5.41, 5.74) is 1.73. The van der Waals surface area contributed by atoms with Crippen molar-refractivity contribution >= 4 is 21.8 Å². The lowest BCUT2D eigenvalue weighted by molar-refractivity contribution is 0.122. The molecule has 0 spiro atoms. The highest BCUT2D eigenvalue weighted by molar-refractivity contribution is 7.89. The number of rotatable bonds is 4. The van der Waals surface area contributed by atoms with Crippen LogP contribution in [0, 0.1) is 13.8 Å². The Kier molecular flexibility index (Phi) is 5.71. The van der Waals surface area contributed by atoms with Crippen LogP contribution in [0.5, 0.6) is 0 Å². The van der Waals surface area contributed by atoms with Crippen LogP contribution in [0.15, 0.2) is 35.4 Å². The molecule has 0 radical (unpaired) electrons. The van der Waals surface area contributed by atoms with Gasteiger partial charge in [-0.1, -0.05) is 12.1 Å². The number of hydrogen-bond donors (Lipinski definition) is 0. The fourth-order valence-electron chi connectivity index (χ4n) is 3.71.